The Morgan fingerprint density at radius 3 is 3.00 bits per heavy atom. The van der Waals surface area contributed by atoms with Crippen LogP contribution in [-0.4, -0.2) is 22.7 Å². The Bertz CT molecular complexity index is 465. The van der Waals surface area contributed by atoms with Gasteiger partial charge in [0.15, 0.2) is 0 Å². The summed E-state index contributed by atoms with van der Waals surface area (Å²) in [5.74, 6) is 0.837. The van der Waals surface area contributed by atoms with E-state index in [0.717, 1.165) is 17.0 Å². The number of ether oxygens (including phenoxy) is 1. The molecule has 16 heavy (non-hydrogen) atoms. The van der Waals surface area contributed by atoms with Crippen molar-refractivity contribution in [3.05, 3.63) is 36.8 Å². The average Bonchev–Trinajstić information content (AvgIpc) is 2.73. The van der Waals surface area contributed by atoms with Crippen molar-refractivity contribution in [2.45, 2.75) is 0 Å². The van der Waals surface area contributed by atoms with Crippen LogP contribution in [0.3, 0.4) is 0 Å². The van der Waals surface area contributed by atoms with E-state index in [-0.39, 0.29) is 0 Å². The second-order valence-electron chi connectivity index (χ2n) is 3.55. The topological polar surface area (TPSA) is 53.1 Å². The first-order valence-electron chi connectivity index (χ1n) is 5.21. The van der Waals surface area contributed by atoms with Gasteiger partial charge in [0, 0.05) is 19.2 Å². The molecule has 2 aromatic rings. The molecular weight excluding hydrogens is 202 g/mol. The van der Waals surface area contributed by atoms with E-state index < -0.39 is 0 Å². The van der Waals surface area contributed by atoms with Crippen molar-refractivity contribution < 1.29 is 4.74 Å². The Morgan fingerprint density at radius 1 is 1.44 bits per heavy atom. The van der Waals surface area contributed by atoms with Crippen LogP contribution in [-0.2, 0) is 7.05 Å². The monoisotopic (exact) mass is 217 g/mol. The van der Waals surface area contributed by atoms with Gasteiger partial charge in [0.25, 0.3) is 0 Å². The molecule has 4 heteroatoms. The molecule has 1 aromatic heterocycles. The van der Waals surface area contributed by atoms with E-state index in [1.807, 2.05) is 42.1 Å². The summed E-state index contributed by atoms with van der Waals surface area (Å²) in [6, 6.07) is 7.92. The van der Waals surface area contributed by atoms with Crippen molar-refractivity contribution >= 4 is 0 Å². The minimum absolute atomic E-state index is 0.524. The summed E-state index contributed by atoms with van der Waals surface area (Å²) < 4.78 is 7.45. The summed E-state index contributed by atoms with van der Waals surface area (Å²) in [5, 5.41) is 0. The Labute approximate surface area is 94.7 Å². The zero-order valence-electron chi connectivity index (χ0n) is 9.26. The number of nitrogens with two attached hydrogens (primary N) is 1. The maximum absolute atomic E-state index is 5.48. The molecule has 0 aliphatic rings. The number of aryl methyl sites for hydroxylation is 1. The van der Waals surface area contributed by atoms with Gasteiger partial charge in [-0.05, 0) is 12.1 Å². The first-order valence-corrected chi connectivity index (χ1v) is 5.21. The molecule has 0 saturated carbocycles. The Morgan fingerprint density at radius 2 is 2.31 bits per heavy atom. The van der Waals surface area contributed by atoms with E-state index in [9.17, 15) is 0 Å². The lowest BCUT2D eigenvalue weighted by atomic mass is 10.1. The Kier molecular flexibility index (Phi) is 3.22. The minimum atomic E-state index is 0.524. The van der Waals surface area contributed by atoms with Crippen LogP contribution < -0.4 is 10.5 Å². The third-order valence-electron chi connectivity index (χ3n) is 2.33. The summed E-state index contributed by atoms with van der Waals surface area (Å²) in [5.41, 5.74) is 7.55. The average molecular weight is 217 g/mol. The van der Waals surface area contributed by atoms with Crippen molar-refractivity contribution in [2.24, 2.45) is 12.8 Å². The molecule has 0 atom stereocenters. The second kappa shape index (κ2) is 4.81. The minimum Gasteiger partial charge on any atom is -0.492 e. The van der Waals surface area contributed by atoms with E-state index in [1.54, 1.807) is 6.33 Å². The zero-order valence-corrected chi connectivity index (χ0v) is 9.26. The summed E-state index contributed by atoms with van der Waals surface area (Å²) in [4.78, 5) is 4.09. The third-order valence-corrected chi connectivity index (χ3v) is 2.33. The van der Waals surface area contributed by atoms with Gasteiger partial charge in [-0.15, -0.1) is 0 Å². The lowest BCUT2D eigenvalue weighted by molar-refractivity contribution is 0.328. The lowest BCUT2D eigenvalue weighted by Crippen LogP contribution is -2.10. The van der Waals surface area contributed by atoms with Gasteiger partial charge in [-0.2, -0.15) is 0 Å². The van der Waals surface area contributed by atoms with E-state index in [4.69, 9.17) is 10.5 Å². The largest absolute Gasteiger partial charge is 0.492 e. The van der Waals surface area contributed by atoms with Crippen molar-refractivity contribution in [1.82, 2.24) is 9.55 Å². The normalized spacial score (nSPS) is 10.4. The van der Waals surface area contributed by atoms with Crippen LogP contribution in [0.5, 0.6) is 5.75 Å². The van der Waals surface area contributed by atoms with Crippen molar-refractivity contribution in [2.75, 3.05) is 13.2 Å². The molecule has 84 valence electrons. The molecule has 2 rings (SSSR count). The van der Waals surface area contributed by atoms with Gasteiger partial charge in [0.05, 0.1) is 18.2 Å². The summed E-state index contributed by atoms with van der Waals surface area (Å²) in [6.45, 7) is 1.06. The molecule has 0 saturated heterocycles. The van der Waals surface area contributed by atoms with Crippen molar-refractivity contribution in [3.8, 4) is 17.0 Å². The van der Waals surface area contributed by atoms with Crippen LogP contribution >= 0.6 is 0 Å². The lowest BCUT2D eigenvalue weighted by Gasteiger charge is -2.07. The molecule has 0 aliphatic heterocycles. The fourth-order valence-electron chi connectivity index (χ4n) is 1.56. The number of benzene rings is 1. The number of nitrogens with zero attached hydrogens (tertiary/aromatic N) is 2. The first-order chi connectivity index (χ1) is 7.81. The predicted octanol–water partition coefficient (Wildman–Crippen LogP) is 1.42. The highest BCUT2D eigenvalue weighted by Gasteiger charge is 2.03. The van der Waals surface area contributed by atoms with E-state index in [0.29, 0.717) is 13.2 Å². The molecule has 1 heterocycles. The number of hydrogen-bond donors (Lipinski definition) is 1. The van der Waals surface area contributed by atoms with Gasteiger partial charge in [0.1, 0.15) is 12.4 Å². The molecule has 0 radical (unpaired) electrons. The smallest absolute Gasteiger partial charge is 0.120 e. The van der Waals surface area contributed by atoms with Crippen LogP contribution in [0, 0.1) is 0 Å². The third kappa shape index (κ3) is 2.23. The Hall–Kier alpha value is -1.81. The van der Waals surface area contributed by atoms with Crippen LogP contribution in [0.1, 0.15) is 0 Å². The first kappa shape index (κ1) is 10.7. The molecule has 0 spiro atoms. The van der Waals surface area contributed by atoms with Crippen molar-refractivity contribution in [3.63, 3.8) is 0 Å². The SMILES string of the molecule is Cn1cncc1-c1cccc(OCCN)c1. The number of aromatic nitrogens is 2. The number of imidazole rings is 1. The molecule has 0 aliphatic carbocycles. The van der Waals surface area contributed by atoms with Crippen LogP contribution in [0.15, 0.2) is 36.8 Å². The Balaban J connectivity index is 2.26. The van der Waals surface area contributed by atoms with Gasteiger partial charge in [-0.1, -0.05) is 12.1 Å². The fraction of sp³-hybridized carbons (Fsp3) is 0.250. The zero-order chi connectivity index (χ0) is 11.4. The summed E-state index contributed by atoms with van der Waals surface area (Å²) in [6.07, 6.45) is 3.62. The van der Waals surface area contributed by atoms with Gasteiger partial charge in [0.2, 0.25) is 0 Å². The maximum atomic E-state index is 5.48. The van der Waals surface area contributed by atoms with E-state index in [1.165, 1.54) is 0 Å². The summed E-state index contributed by atoms with van der Waals surface area (Å²) in [7, 11) is 1.97. The molecule has 0 unspecified atom stereocenters. The number of rotatable bonds is 4. The molecule has 0 fully saturated rings. The molecule has 0 bridgehead atoms. The van der Waals surface area contributed by atoms with Gasteiger partial charge < -0.3 is 15.0 Å². The highest BCUT2D eigenvalue weighted by molar-refractivity contribution is 5.60. The highest BCUT2D eigenvalue weighted by atomic mass is 16.5. The second-order valence-corrected chi connectivity index (χ2v) is 3.55. The van der Waals surface area contributed by atoms with Crippen LogP contribution in [0.2, 0.25) is 0 Å². The van der Waals surface area contributed by atoms with Gasteiger partial charge in [-0.3, -0.25) is 0 Å². The molecular formula is C12H15N3O. The predicted molar refractivity (Wildman–Crippen MR) is 63.2 cm³/mol. The van der Waals surface area contributed by atoms with Crippen molar-refractivity contribution in [1.29, 1.82) is 0 Å². The highest BCUT2D eigenvalue weighted by Crippen LogP contribution is 2.22. The van der Waals surface area contributed by atoms with E-state index >= 15 is 0 Å². The molecule has 0 amide bonds. The van der Waals surface area contributed by atoms with Gasteiger partial charge >= 0.3 is 0 Å². The van der Waals surface area contributed by atoms with E-state index in [2.05, 4.69) is 4.98 Å². The standard InChI is InChI=1S/C12H15N3O/c1-15-9-14-8-12(15)10-3-2-4-11(7-10)16-6-5-13/h2-4,7-9H,5-6,13H2,1H3. The molecule has 2 N–H and O–H groups in total. The maximum Gasteiger partial charge on any atom is 0.120 e. The fourth-order valence-corrected chi connectivity index (χ4v) is 1.56. The van der Waals surface area contributed by atoms with Crippen LogP contribution in [0.25, 0.3) is 11.3 Å². The van der Waals surface area contributed by atoms with Gasteiger partial charge in [-0.25, -0.2) is 4.98 Å². The molecule has 4 nitrogen and oxygen atoms in total. The molecule has 1 aromatic carbocycles. The van der Waals surface area contributed by atoms with Crippen LogP contribution in [0.4, 0.5) is 0 Å². The number of hydrogen-bond acceptors (Lipinski definition) is 3. The summed E-state index contributed by atoms with van der Waals surface area (Å²) >= 11 is 0. The quantitative estimate of drug-likeness (QED) is 0.842.